The molecule has 1 aromatic heterocycles. The van der Waals surface area contributed by atoms with Crippen LogP contribution in [0.25, 0.3) is 0 Å². The summed E-state index contributed by atoms with van der Waals surface area (Å²) in [5.74, 6) is 0.128. The van der Waals surface area contributed by atoms with Crippen LogP contribution in [0.1, 0.15) is 48.0 Å². The molecule has 2 aliphatic rings. The Kier molecular flexibility index (Phi) is 4.31. The summed E-state index contributed by atoms with van der Waals surface area (Å²) < 4.78 is 3.92. The van der Waals surface area contributed by atoms with Crippen molar-refractivity contribution in [2.45, 2.75) is 45.1 Å². The molecule has 6 heteroatoms. The minimum Gasteiger partial charge on any atom is -0.335 e. The van der Waals surface area contributed by atoms with E-state index in [9.17, 15) is 4.79 Å². The highest BCUT2D eigenvalue weighted by atomic mass is 32.1. The van der Waals surface area contributed by atoms with E-state index in [4.69, 9.17) is 0 Å². The second-order valence-corrected chi connectivity index (χ2v) is 6.42. The van der Waals surface area contributed by atoms with Crippen LogP contribution in [0.4, 0.5) is 0 Å². The molecule has 1 amide bonds. The lowest BCUT2D eigenvalue weighted by Gasteiger charge is -2.37. The quantitative estimate of drug-likeness (QED) is 0.853. The molecule has 0 unspecified atom stereocenters. The van der Waals surface area contributed by atoms with E-state index < -0.39 is 0 Å². The summed E-state index contributed by atoms with van der Waals surface area (Å²) >= 11 is 1.24. The molecule has 1 aromatic rings. The molecule has 0 aromatic carbocycles. The van der Waals surface area contributed by atoms with Crippen LogP contribution in [0.15, 0.2) is 0 Å². The molecule has 1 saturated carbocycles. The number of piperazine rings is 1. The van der Waals surface area contributed by atoms with Gasteiger partial charge in [0, 0.05) is 32.2 Å². The first-order valence-electron chi connectivity index (χ1n) is 7.64. The zero-order chi connectivity index (χ0) is 13.9. The monoisotopic (exact) mass is 294 g/mol. The lowest BCUT2D eigenvalue weighted by molar-refractivity contribution is 0.0576. The van der Waals surface area contributed by atoms with Crippen LogP contribution in [0.5, 0.6) is 0 Å². The predicted molar refractivity (Wildman–Crippen MR) is 79.0 cm³/mol. The lowest BCUT2D eigenvalue weighted by atomic mass is 10.1. The number of hydrogen-bond donors (Lipinski definition) is 0. The van der Waals surface area contributed by atoms with Gasteiger partial charge in [0.05, 0.1) is 5.69 Å². The van der Waals surface area contributed by atoms with Gasteiger partial charge in [-0.2, -0.15) is 0 Å². The van der Waals surface area contributed by atoms with Crippen LogP contribution < -0.4 is 0 Å². The molecule has 2 fully saturated rings. The molecular weight excluding hydrogens is 272 g/mol. The van der Waals surface area contributed by atoms with Gasteiger partial charge in [-0.05, 0) is 30.8 Å². The highest BCUT2D eigenvalue weighted by Gasteiger charge is 2.29. The average molecular weight is 294 g/mol. The van der Waals surface area contributed by atoms with Gasteiger partial charge in [0.1, 0.15) is 4.88 Å². The molecule has 0 bridgehead atoms. The molecule has 0 radical (unpaired) electrons. The van der Waals surface area contributed by atoms with E-state index in [0.29, 0.717) is 0 Å². The largest absolute Gasteiger partial charge is 0.335 e. The van der Waals surface area contributed by atoms with Gasteiger partial charge in [0.2, 0.25) is 0 Å². The van der Waals surface area contributed by atoms with E-state index in [-0.39, 0.29) is 5.91 Å². The first kappa shape index (κ1) is 13.9. The van der Waals surface area contributed by atoms with Gasteiger partial charge in [-0.1, -0.05) is 24.3 Å². The maximum absolute atomic E-state index is 12.5. The highest BCUT2D eigenvalue weighted by molar-refractivity contribution is 7.08. The van der Waals surface area contributed by atoms with Crippen molar-refractivity contribution in [1.82, 2.24) is 19.4 Å². The van der Waals surface area contributed by atoms with E-state index in [2.05, 4.69) is 14.5 Å². The second-order valence-electron chi connectivity index (χ2n) is 5.67. The Bertz CT molecular complexity index is 461. The molecule has 20 heavy (non-hydrogen) atoms. The van der Waals surface area contributed by atoms with Crippen molar-refractivity contribution in [1.29, 1.82) is 0 Å². The fraction of sp³-hybridized carbons (Fsp3) is 0.786. The first-order chi connectivity index (χ1) is 9.79. The standard InChI is InChI=1S/C14H22N4OS/c1-2-12-13(20-16-15-12)14(19)18-9-7-17(8-10-18)11-5-3-4-6-11/h11H,2-10H2,1H3. The van der Waals surface area contributed by atoms with Crippen molar-refractivity contribution in [3.05, 3.63) is 10.6 Å². The Balaban J connectivity index is 1.59. The topological polar surface area (TPSA) is 49.3 Å². The SMILES string of the molecule is CCc1nnsc1C(=O)N1CCN(C2CCCC2)CC1. The zero-order valence-electron chi connectivity index (χ0n) is 12.0. The van der Waals surface area contributed by atoms with E-state index >= 15 is 0 Å². The van der Waals surface area contributed by atoms with Crippen LogP contribution in [-0.2, 0) is 6.42 Å². The molecule has 3 rings (SSSR count). The molecule has 0 spiro atoms. The van der Waals surface area contributed by atoms with Crippen LogP contribution in [-0.4, -0.2) is 57.5 Å². The van der Waals surface area contributed by atoms with Gasteiger partial charge in [0.15, 0.2) is 0 Å². The number of rotatable bonds is 3. The molecule has 1 aliphatic heterocycles. The van der Waals surface area contributed by atoms with Crippen molar-refractivity contribution in [2.75, 3.05) is 26.2 Å². The van der Waals surface area contributed by atoms with Crippen molar-refractivity contribution >= 4 is 17.4 Å². The smallest absolute Gasteiger partial charge is 0.267 e. The number of carbonyl (C=O) groups excluding carboxylic acids is 1. The lowest BCUT2D eigenvalue weighted by Crippen LogP contribution is -2.51. The van der Waals surface area contributed by atoms with Crippen molar-refractivity contribution in [2.24, 2.45) is 0 Å². The molecule has 0 N–H and O–H groups in total. The maximum atomic E-state index is 12.5. The third-order valence-electron chi connectivity index (χ3n) is 4.53. The number of carbonyl (C=O) groups is 1. The molecule has 1 saturated heterocycles. The molecule has 2 heterocycles. The summed E-state index contributed by atoms with van der Waals surface area (Å²) in [5, 5.41) is 4.04. The van der Waals surface area contributed by atoms with E-state index in [1.807, 2.05) is 11.8 Å². The van der Waals surface area contributed by atoms with Gasteiger partial charge in [-0.15, -0.1) is 5.10 Å². The van der Waals surface area contributed by atoms with Crippen LogP contribution >= 0.6 is 11.5 Å². The van der Waals surface area contributed by atoms with Crippen LogP contribution in [0.2, 0.25) is 0 Å². The molecular formula is C14H22N4OS. The van der Waals surface area contributed by atoms with Gasteiger partial charge < -0.3 is 4.90 Å². The Morgan fingerprint density at radius 2 is 1.95 bits per heavy atom. The van der Waals surface area contributed by atoms with Crippen molar-refractivity contribution in [3.63, 3.8) is 0 Å². The van der Waals surface area contributed by atoms with E-state index in [1.165, 1.54) is 37.2 Å². The number of amides is 1. The number of aryl methyl sites for hydroxylation is 1. The summed E-state index contributed by atoms with van der Waals surface area (Å²) in [4.78, 5) is 17.8. The number of aromatic nitrogens is 2. The van der Waals surface area contributed by atoms with Gasteiger partial charge >= 0.3 is 0 Å². The molecule has 1 aliphatic carbocycles. The molecule has 5 nitrogen and oxygen atoms in total. The van der Waals surface area contributed by atoms with Gasteiger partial charge in [-0.25, -0.2) is 0 Å². The minimum atomic E-state index is 0.128. The van der Waals surface area contributed by atoms with Gasteiger partial charge in [0.25, 0.3) is 5.91 Å². The normalized spacial score (nSPS) is 21.6. The summed E-state index contributed by atoms with van der Waals surface area (Å²) in [5.41, 5.74) is 0.846. The third kappa shape index (κ3) is 2.72. The summed E-state index contributed by atoms with van der Waals surface area (Å²) in [6, 6.07) is 0.767. The molecule has 110 valence electrons. The predicted octanol–water partition coefficient (Wildman–Crippen LogP) is 1.80. The summed E-state index contributed by atoms with van der Waals surface area (Å²) in [7, 11) is 0. The number of hydrogen-bond acceptors (Lipinski definition) is 5. The minimum absolute atomic E-state index is 0.128. The van der Waals surface area contributed by atoms with Crippen LogP contribution in [0.3, 0.4) is 0 Å². The van der Waals surface area contributed by atoms with Crippen molar-refractivity contribution in [3.8, 4) is 0 Å². The van der Waals surface area contributed by atoms with Crippen LogP contribution in [0, 0.1) is 0 Å². The average Bonchev–Trinajstić information content (AvgIpc) is 3.17. The van der Waals surface area contributed by atoms with Gasteiger partial charge in [-0.3, -0.25) is 9.69 Å². The van der Waals surface area contributed by atoms with E-state index in [0.717, 1.165) is 49.2 Å². The Hall–Kier alpha value is -1.01. The summed E-state index contributed by atoms with van der Waals surface area (Å²) in [6.45, 7) is 5.74. The maximum Gasteiger partial charge on any atom is 0.267 e. The summed E-state index contributed by atoms with van der Waals surface area (Å²) in [6.07, 6.45) is 6.20. The fourth-order valence-electron chi connectivity index (χ4n) is 3.31. The Morgan fingerprint density at radius 1 is 1.25 bits per heavy atom. The highest BCUT2D eigenvalue weighted by Crippen LogP contribution is 2.25. The zero-order valence-corrected chi connectivity index (χ0v) is 12.9. The second kappa shape index (κ2) is 6.18. The molecule has 0 atom stereocenters. The van der Waals surface area contributed by atoms with Crippen molar-refractivity contribution < 1.29 is 4.79 Å². The third-order valence-corrected chi connectivity index (χ3v) is 5.28. The number of nitrogens with zero attached hydrogens (tertiary/aromatic N) is 4. The first-order valence-corrected chi connectivity index (χ1v) is 8.41. The Morgan fingerprint density at radius 3 is 2.60 bits per heavy atom. The van der Waals surface area contributed by atoms with E-state index in [1.54, 1.807) is 0 Å². The fourth-order valence-corrected chi connectivity index (χ4v) is 4.02. The Labute approximate surface area is 124 Å².